The van der Waals surface area contributed by atoms with Crippen molar-refractivity contribution in [1.82, 2.24) is 5.32 Å². The molecule has 1 unspecified atom stereocenters. The minimum absolute atomic E-state index is 0.00407. The lowest BCUT2D eigenvalue weighted by molar-refractivity contribution is -0.154. The smallest absolute Gasteiger partial charge is 0.310 e. The number of carbonyl (C=O) groups is 1. The molecule has 1 aliphatic carbocycles. The van der Waals surface area contributed by atoms with E-state index in [9.17, 15) is 4.79 Å². The number of nitrogens with one attached hydrogen (secondary N) is 1. The topological polar surface area (TPSA) is 38.3 Å². The predicted molar refractivity (Wildman–Crippen MR) is 53.8 cm³/mol. The summed E-state index contributed by atoms with van der Waals surface area (Å²) in [6, 6.07) is 0. The van der Waals surface area contributed by atoms with Crippen LogP contribution in [-0.4, -0.2) is 25.7 Å². The Morgan fingerprint density at radius 2 is 2.29 bits per heavy atom. The van der Waals surface area contributed by atoms with E-state index in [0.717, 1.165) is 19.0 Å². The van der Waals surface area contributed by atoms with Gasteiger partial charge in [0.15, 0.2) is 0 Å². The van der Waals surface area contributed by atoms with E-state index in [1.165, 1.54) is 12.8 Å². The first-order valence-electron chi connectivity index (χ1n) is 5.55. The van der Waals surface area contributed by atoms with Crippen molar-refractivity contribution in [1.29, 1.82) is 0 Å². The first-order chi connectivity index (χ1) is 6.68. The van der Waals surface area contributed by atoms with Crippen LogP contribution in [0.2, 0.25) is 0 Å². The summed E-state index contributed by atoms with van der Waals surface area (Å²) >= 11 is 0. The first kappa shape index (κ1) is 9.97. The van der Waals surface area contributed by atoms with Crippen LogP contribution in [0, 0.1) is 17.3 Å². The molecule has 1 heterocycles. The number of hydrogen-bond acceptors (Lipinski definition) is 3. The van der Waals surface area contributed by atoms with Crippen molar-refractivity contribution < 1.29 is 9.53 Å². The molecule has 0 amide bonds. The Morgan fingerprint density at radius 3 is 2.86 bits per heavy atom. The first-order valence-corrected chi connectivity index (χ1v) is 5.55. The SMILES string of the molecule is CCOC(=O)C1CNCC12CC(C)C2. The van der Waals surface area contributed by atoms with Gasteiger partial charge >= 0.3 is 5.97 Å². The molecule has 14 heavy (non-hydrogen) atoms. The summed E-state index contributed by atoms with van der Waals surface area (Å²) in [4.78, 5) is 11.7. The predicted octanol–water partition coefficient (Wildman–Crippen LogP) is 1.19. The zero-order chi connectivity index (χ0) is 10.2. The highest BCUT2D eigenvalue weighted by Gasteiger charge is 2.53. The molecular formula is C11H19NO2. The van der Waals surface area contributed by atoms with Crippen LogP contribution in [-0.2, 0) is 9.53 Å². The largest absolute Gasteiger partial charge is 0.466 e. The van der Waals surface area contributed by atoms with Gasteiger partial charge in [-0.2, -0.15) is 0 Å². The second-order valence-electron chi connectivity index (χ2n) is 4.81. The number of esters is 1. The molecule has 0 bridgehead atoms. The number of hydrogen-bond donors (Lipinski definition) is 1. The highest BCUT2D eigenvalue weighted by Crippen LogP contribution is 2.52. The van der Waals surface area contributed by atoms with Gasteiger partial charge in [-0.1, -0.05) is 6.92 Å². The van der Waals surface area contributed by atoms with Crippen LogP contribution in [0.4, 0.5) is 0 Å². The van der Waals surface area contributed by atoms with Gasteiger partial charge in [-0.05, 0) is 31.1 Å². The van der Waals surface area contributed by atoms with Gasteiger partial charge in [0.2, 0.25) is 0 Å². The maximum atomic E-state index is 11.7. The van der Waals surface area contributed by atoms with Crippen LogP contribution in [0.1, 0.15) is 26.7 Å². The van der Waals surface area contributed by atoms with E-state index in [-0.39, 0.29) is 17.3 Å². The van der Waals surface area contributed by atoms with Crippen molar-refractivity contribution in [3.05, 3.63) is 0 Å². The molecule has 2 rings (SSSR count). The van der Waals surface area contributed by atoms with Gasteiger partial charge in [0.1, 0.15) is 0 Å². The third-order valence-corrected chi connectivity index (χ3v) is 3.65. The molecule has 1 aliphatic heterocycles. The molecule has 1 spiro atoms. The third-order valence-electron chi connectivity index (χ3n) is 3.65. The van der Waals surface area contributed by atoms with Gasteiger partial charge in [0, 0.05) is 13.1 Å². The lowest BCUT2D eigenvalue weighted by atomic mass is 9.58. The van der Waals surface area contributed by atoms with E-state index < -0.39 is 0 Å². The molecule has 0 aromatic carbocycles. The second-order valence-corrected chi connectivity index (χ2v) is 4.81. The van der Waals surface area contributed by atoms with Crippen molar-refractivity contribution in [3.8, 4) is 0 Å². The average molecular weight is 197 g/mol. The fourth-order valence-electron chi connectivity index (χ4n) is 3.14. The average Bonchev–Trinajstić information content (AvgIpc) is 2.48. The Labute approximate surface area is 85.2 Å². The van der Waals surface area contributed by atoms with Crippen LogP contribution in [0.15, 0.2) is 0 Å². The van der Waals surface area contributed by atoms with E-state index in [1.807, 2.05) is 6.92 Å². The molecule has 1 saturated heterocycles. The summed E-state index contributed by atoms with van der Waals surface area (Å²) in [5, 5.41) is 3.32. The Kier molecular flexibility index (Phi) is 2.52. The molecule has 1 atom stereocenters. The Bertz CT molecular complexity index is 233. The monoisotopic (exact) mass is 197 g/mol. The van der Waals surface area contributed by atoms with Crippen LogP contribution in [0.25, 0.3) is 0 Å². The van der Waals surface area contributed by atoms with E-state index in [4.69, 9.17) is 4.74 Å². The quantitative estimate of drug-likeness (QED) is 0.676. The van der Waals surface area contributed by atoms with Gasteiger partial charge in [0.05, 0.1) is 12.5 Å². The zero-order valence-electron chi connectivity index (χ0n) is 9.01. The number of ether oxygens (including phenoxy) is 1. The van der Waals surface area contributed by atoms with Gasteiger partial charge in [0.25, 0.3) is 0 Å². The highest BCUT2D eigenvalue weighted by atomic mass is 16.5. The summed E-state index contributed by atoms with van der Waals surface area (Å²) in [6.45, 7) is 6.44. The van der Waals surface area contributed by atoms with Crippen molar-refractivity contribution >= 4 is 5.97 Å². The number of rotatable bonds is 2. The summed E-state index contributed by atoms with van der Waals surface area (Å²) in [5.74, 6) is 0.898. The Balaban J connectivity index is 2.01. The number of carbonyl (C=O) groups excluding carboxylic acids is 1. The molecule has 1 N–H and O–H groups in total. The molecule has 80 valence electrons. The molecule has 3 heteroatoms. The van der Waals surface area contributed by atoms with Crippen molar-refractivity contribution in [3.63, 3.8) is 0 Å². The molecular weight excluding hydrogens is 178 g/mol. The van der Waals surface area contributed by atoms with Gasteiger partial charge in [-0.3, -0.25) is 4.79 Å². The molecule has 3 nitrogen and oxygen atoms in total. The van der Waals surface area contributed by atoms with Gasteiger partial charge < -0.3 is 10.1 Å². The van der Waals surface area contributed by atoms with Crippen LogP contribution in [0.3, 0.4) is 0 Å². The summed E-state index contributed by atoms with van der Waals surface area (Å²) < 4.78 is 5.11. The lowest BCUT2D eigenvalue weighted by Crippen LogP contribution is -2.45. The fourth-order valence-corrected chi connectivity index (χ4v) is 3.14. The second kappa shape index (κ2) is 3.54. The Morgan fingerprint density at radius 1 is 1.57 bits per heavy atom. The molecule has 0 radical (unpaired) electrons. The highest BCUT2D eigenvalue weighted by molar-refractivity contribution is 5.74. The molecule has 0 aromatic rings. The normalized spacial score (nSPS) is 41.0. The van der Waals surface area contributed by atoms with Crippen molar-refractivity contribution in [2.24, 2.45) is 17.3 Å². The molecule has 2 fully saturated rings. The maximum Gasteiger partial charge on any atom is 0.310 e. The van der Waals surface area contributed by atoms with Gasteiger partial charge in [-0.15, -0.1) is 0 Å². The van der Waals surface area contributed by atoms with Crippen LogP contribution >= 0.6 is 0 Å². The van der Waals surface area contributed by atoms with Crippen LogP contribution < -0.4 is 5.32 Å². The third kappa shape index (κ3) is 1.44. The summed E-state index contributed by atoms with van der Waals surface area (Å²) in [5.41, 5.74) is 0.242. The summed E-state index contributed by atoms with van der Waals surface area (Å²) in [6.07, 6.45) is 2.37. The van der Waals surface area contributed by atoms with Crippen LogP contribution in [0.5, 0.6) is 0 Å². The fraction of sp³-hybridized carbons (Fsp3) is 0.909. The summed E-state index contributed by atoms with van der Waals surface area (Å²) in [7, 11) is 0. The standard InChI is InChI=1S/C11H19NO2/c1-3-14-10(13)9-6-12-7-11(9)4-8(2)5-11/h8-9,12H,3-7H2,1-2H3. The van der Waals surface area contributed by atoms with E-state index in [1.54, 1.807) is 0 Å². The van der Waals surface area contributed by atoms with E-state index >= 15 is 0 Å². The maximum absolute atomic E-state index is 11.7. The molecule has 2 aliphatic rings. The van der Waals surface area contributed by atoms with E-state index in [2.05, 4.69) is 12.2 Å². The molecule has 0 aromatic heterocycles. The minimum Gasteiger partial charge on any atom is -0.466 e. The Hall–Kier alpha value is -0.570. The zero-order valence-corrected chi connectivity index (χ0v) is 9.01. The van der Waals surface area contributed by atoms with Crippen molar-refractivity contribution in [2.75, 3.05) is 19.7 Å². The van der Waals surface area contributed by atoms with E-state index in [0.29, 0.717) is 6.61 Å². The lowest BCUT2D eigenvalue weighted by Gasteiger charge is -2.46. The van der Waals surface area contributed by atoms with Gasteiger partial charge in [-0.25, -0.2) is 0 Å². The van der Waals surface area contributed by atoms with Crippen molar-refractivity contribution in [2.45, 2.75) is 26.7 Å². The molecule has 1 saturated carbocycles. The minimum atomic E-state index is 0.00407.